The van der Waals surface area contributed by atoms with E-state index in [1.54, 1.807) is 5.57 Å². The summed E-state index contributed by atoms with van der Waals surface area (Å²) in [7, 11) is 0. The van der Waals surface area contributed by atoms with E-state index >= 15 is 0 Å². The van der Waals surface area contributed by atoms with E-state index in [0.29, 0.717) is 11.8 Å². The summed E-state index contributed by atoms with van der Waals surface area (Å²) >= 11 is 0. The van der Waals surface area contributed by atoms with Crippen LogP contribution in [0.4, 0.5) is 0 Å². The van der Waals surface area contributed by atoms with Gasteiger partial charge in [-0.3, -0.25) is 0 Å². The monoisotopic (exact) mass is 209 g/mol. The molecule has 0 aromatic carbocycles. The highest BCUT2D eigenvalue weighted by atomic mass is 15.0. The molecule has 1 rings (SSSR count). The Bertz CT molecular complexity index is 259. The normalized spacial score (nSPS) is 26.1. The molecule has 0 bridgehead atoms. The fourth-order valence-electron chi connectivity index (χ4n) is 2.99. The first-order valence-electron chi connectivity index (χ1n) is 6.26. The zero-order valence-corrected chi connectivity index (χ0v) is 11.4. The van der Waals surface area contributed by atoms with Crippen LogP contribution in [0.3, 0.4) is 0 Å². The Hall–Kier alpha value is -0.460. The largest absolute Gasteiger partial charge is 0.383 e. The van der Waals surface area contributed by atoms with E-state index < -0.39 is 0 Å². The van der Waals surface area contributed by atoms with Gasteiger partial charge in [-0.25, -0.2) is 0 Å². The SMILES string of the molecule is CC(C)C1=C(C(C)C)C(C)CC(C)(C)N1. The van der Waals surface area contributed by atoms with Gasteiger partial charge < -0.3 is 5.32 Å². The van der Waals surface area contributed by atoms with Gasteiger partial charge in [-0.1, -0.05) is 34.6 Å². The van der Waals surface area contributed by atoms with E-state index in [4.69, 9.17) is 0 Å². The Balaban J connectivity index is 3.11. The van der Waals surface area contributed by atoms with Gasteiger partial charge in [-0.05, 0) is 43.6 Å². The molecule has 0 aromatic rings. The molecule has 1 aliphatic heterocycles. The molecule has 1 unspecified atom stereocenters. The fourth-order valence-corrected chi connectivity index (χ4v) is 2.99. The molecule has 1 aliphatic rings. The average molecular weight is 209 g/mol. The van der Waals surface area contributed by atoms with Crippen molar-refractivity contribution in [1.29, 1.82) is 0 Å². The van der Waals surface area contributed by atoms with E-state index in [0.717, 1.165) is 5.92 Å². The lowest BCUT2D eigenvalue weighted by Gasteiger charge is -2.42. The van der Waals surface area contributed by atoms with Gasteiger partial charge in [-0.2, -0.15) is 0 Å². The first-order chi connectivity index (χ1) is 6.74. The molecule has 0 radical (unpaired) electrons. The van der Waals surface area contributed by atoms with Crippen molar-refractivity contribution in [2.75, 3.05) is 0 Å². The molecular weight excluding hydrogens is 182 g/mol. The minimum atomic E-state index is 0.261. The van der Waals surface area contributed by atoms with Crippen LogP contribution in [0.2, 0.25) is 0 Å². The summed E-state index contributed by atoms with van der Waals surface area (Å²) in [6, 6.07) is 0. The molecule has 15 heavy (non-hydrogen) atoms. The molecule has 0 aromatic heterocycles. The van der Waals surface area contributed by atoms with Crippen molar-refractivity contribution in [2.45, 2.75) is 60.4 Å². The topological polar surface area (TPSA) is 12.0 Å². The summed E-state index contributed by atoms with van der Waals surface area (Å²) in [6.07, 6.45) is 1.25. The van der Waals surface area contributed by atoms with Crippen molar-refractivity contribution in [1.82, 2.24) is 5.32 Å². The van der Waals surface area contributed by atoms with Crippen molar-refractivity contribution < 1.29 is 0 Å². The molecule has 1 heteroatoms. The third kappa shape index (κ3) is 2.76. The molecule has 0 spiro atoms. The Morgan fingerprint density at radius 1 is 1.13 bits per heavy atom. The van der Waals surface area contributed by atoms with Crippen LogP contribution in [-0.2, 0) is 0 Å². The van der Waals surface area contributed by atoms with Crippen molar-refractivity contribution in [3.8, 4) is 0 Å². The molecule has 1 heterocycles. The van der Waals surface area contributed by atoms with Crippen LogP contribution in [0.1, 0.15) is 54.9 Å². The van der Waals surface area contributed by atoms with Gasteiger partial charge in [0, 0.05) is 11.2 Å². The molecule has 88 valence electrons. The molecule has 0 aliphatic carbocycles. The van der Waals surface area contributed by atoms with Crippen LogP contribution >= 0.6 is 0 Å². The van der Waals surface area contributed by atoms with Gasteiger partial charge in [-0.15, -0.1) is 0 Å². The van der Waals surface area contributed by atoms with E-state index in [9.17, 15) is 0 Å². The third-order valence-electron chi connectivity index (χ3n) is 3.33. The lowest BCUT2D eigenvalue weighted by Crippen LogP contribution is -2.46. The van der Waals surface area contributed by atoms with Gasteiger partial charge >= 0.3 is 0 Å². The molecule has 0 fully saturated rings. The summed E-state index contributed by atoms with van der Waals surface area (Å²) in [5.74, 6) is 2.00. The van der Waals surface area contributed by atoms with Gasteiger partial charge in [0.05, 0.1) is 0 Å². The predicted octanol–water partition coefficient (Wildman–Crippen LogP) is 3.96. The Morgan fingerprint density at radius 2 is 1.67 bits per heavy atom. The fraction of sp³-hybridized carbons (Fsp3) is 0.857. The second-order valence-corrected chi connectivity index (χ2v) is 6.29. The van der Waals surface area contributed by atoms with Gasteiger partial charge in [0.1, 0.15) is 0 Å². The second-order valence-electron chi connectivity index (χ2n) is 6.29. The van der Waals surface area contributed by atoms with Crippen LogP contribution in [-0.4, -0.2) is 5.54 Å². The molecule has 0 saturated carbocycles. The quantitative estimate of drug-likeness (QED) is 0.726. The Morgan fingerprint density at radius 3 is 2.07 bits per heavy atom. The van der Waals surface area contributed by atoms with E-state index in [-0.39, 0.29) is 5.54 Å². The maximum absolute atomic E-state index is 3.73. The summed E-state index contributed by atoms with van der Waals surface area (Å²) in [5, 5.41) is 3.73. The zero-order chi connectivity index (χ0) is 11.8. The molecule has 0 saturated heterocycles. The Labute approximate surface area is 95.3 Å². The number of hydrogen-bond acceptors (Lipinski definition) is 1. The molecule has 1 nitrogen and oxygen atoms in total. The maximum Gasteiger partial charge on any atom is 0.0320 e. The molecule has 1 atom stereocenters. The predicted molar refractivity (Wildman–Crippen MR) is 67.7 cm³/mol. The number of hydrogen-bond donors (Lipinski definition) is 1. The van der Waals surface area contributed by atoms with Crippen molar-refractivity contribution >= 4 is 0 Å². The minimum absolute atomic E-state index is 0.261. The first-order valence-corrected chi connectivity index (χ1v) is 6.26. The molecule has 1 N–H and O–H groups in total. The summed E-state index contributed by atoms with van der Waals surface area (Å²) < 4.78 is 0. The van der Waals surface area contributed by atoms with Crippen molar-refractivity contribution in [3.05, 3.63) is 11.3 Å². The maximum atomic E-state index is 3.73. The minimum Gasteiger partial charge on any atom is -0.383 e. The average Bonchev–Trinajstić information content (AvgIpc) is 1.99. The number of allylic oxidation sites excluding steroid dienone is 2. The smallest absolute Gasteiger partial charge is 0.0320 e. The van der Waals surface area contributed by atoms with E-state index in [1.807, 2.05) is 0 Å². The van der Waals surface area contributed by atoms with E-state index in [1.165, 1.54) is 12.1 Å². The Kier molecular flexibility index (Phi) is 3.52. The van der Waals surface area contributed by atoms with E-state index in [2.05, 4.69) is 53.8 Å². The van der Waals surface area contributed by atoms with Crippen LogP contribution in [0.25, 0.3) is 0 Å². The van der Waals surface area contributed by atoms with Crippen LogP contribution in [0, 0.1) is 17.8 Å². The highest BCUT2D eigenvalue weighted by Gasteiger charge is 2.32. The highest BCUT2D eigenvalue weighted by Crippen LogP contribution is 2.36. The summed E-state index contributed by atoms with van der Waals surface area (Å²) in [6.45, 7) is 16.2. The van der Waals surface area contributed by atoms with Crippen LogP contribution in [0.5, 0.6) is 0 Å². The zero-order valence-electron chi connectivity index (χ0n) is 11.4. The second kappa shape index (κ2) is 4.19. The lowest BCUT2D eigenvalue weighted by atomic mass is 9.76. The summed E-state index contributed by atoms with van der Waals surface area (Å²) in [5.41, 5.74) is 3.40. The van der Waals surface area contributed by atoms with Crippen molar-refractivity contribution in [3.63, 3.8) is 0 Å². The van der Waals surface area contributed by atoms with Gasteiger partial charge in [0.2, 0.25) is 0 Å². The van der Waals surface area contributed by atoms with Crippen molar-refractivity contribution in [2.24, 2.45) is 17.8 Å². The first kappa shape index (κ1) is 12.6. The lowest BCUT2D eigenvalue weighted by molar-refractivity contribution is 0.292. The number of rotatable bonds is 2. The number of nitrogens with one attached hydrogen (secondary N) is 1. The highest BCUT2D eigenvalue weighted by molar-refractivity contribution is 5.24. The van der Waals surface area contributed by atoms with Crippen LogP contribution in [0.15, 0.2) is 11.3 Å². The third-order valence-corrected chi connectivity index (χ3v) is 3.33. The van der Waals surface area contributed by atoms with Crippen LogP contribution < -0.4 is 5.32 Å². The van der Waals surface area contributed by atoms with Gasteiger partial charge in [0.15, 0.2) is 0 Å². The molecular formula is C14H27N. The van der Waals surface area contributed by atoms with Gasteiger partial charge in [0.25, 0.3) is 0 Å². The summed E-state index contributed by atoms with van der Waals surface area (Å²) in [4.78, 5) is 0. The molecule has 0 amide bonds. The standard InChI is InChI=1S/C14H27N/c1-9(2)12-11(5)8-14(6,7)15-13(12)10(3)4/h9-11,15H,8H2,1-7H3.